The van der Waals surface area contributed by atoms with Crippen LogP contribution in [0.3, 0.4) is 0 Å². The molecule has 1 N–H and O–H groups in total. The number of ether oxygens (including phenoxy) is 1. The van der Waals surface area contributed by atoms with E-state index in [9.17, 15) is 0 Å². The maximum atomic E-state index is 5.50. The first kappa shape index (κ1) is 21.1. The van der Waals surface area contributed by atoms with E-state index in [2.05, 4.69) is 63.1 Å². The van der Waals surface area contributed by atoms with Crippen LogP contribution in [0.1, 0.15) is 31.4 Å². The number of hydrogen-bond donors (Lipinski definition) is 1. The average Bonchev–Trinajstić information content (AvgIpc) is 3.24. The molecule has 2 fully saturated rings. The summed E-state index contributed by atoms with van der Waals surface area (Å²) in [6, 6.07) is 9.39. The molecule has 2 saturated heterocycles. The Bertz CT molecular complexity index is 625. The van der Waals surface area contributed by atoms with E-state index in [0.717, 1.165) is 71.5 Å². The van der Waals surface area contributed by atoms with Crippen molar-refractivity contribution < 1.29 is 4.74 Å². The first-order valence-electron chi connectivity index (χ1n) is 10.8. The molecule has 28 heavy (non-hydrogen) atoms. The lowest BCUT2D eigenvalue weighted by molar-refractivity contribution is 0.0195. The van der Waals surface area contributed by atoms with Crippen LogP contribution in [0, 0.1) is 0 Å². The Morgan fingerprint density at radius 3 is 2.54 bits per heavy atom. The van der Waals surface area contributed by atoms with Crippen molar-refractivity contribution in [3.63, 3.8) is 0 Å². The zero-order chi connectivity index (χ0) is 19.8. The van der Waals surface area contributed by atoms with Gasteiger partial charge in [0.1, 0.15) is 0 Å². The predicted molar refractivity (Wildman–Crippen MR) is 116 cm³/mol. The summed E-state index contributed by atoms with van der Waals surface area (Å²) in [5.74, 6) is 1.02. The van der Waals surface area contributed by atoms with Gasteiger partial charge in [0, 0.05) is 52.4 Å². The third-order valence-electron chi connectivity index (χ3n) is 6.08. The molecule has 1 unspecified atom stereocenters. The van der Waals surface area contributed by atoms with Gasteiger partial charge < -0.3 is 15.0 Å². The molecule has 1 aromatic rings. The summed E-state index contributed by atoms with van der Waals surface area (Å²) in [6.07, 6.45) is 1.21. The third-order valence-corrected chi connectivity index (χ3v) is 6.08. The van der Waals surface area contributed by atoms with Crippen LogP contribution in [0.15, 0.2) is 29.3 Å². The van der Waals surface area contributed by atoms with Crippen molar-refractivity contribution >= 4 is 5.96 Å². The molecule has 2 aliphatic rings. The van der Waals surface area contributed by atoms with Gasteiger partial charge >= 0.3 is 0 Å². The van der Waals surface area contributed by atoms with Crippen molar-refractivity contribution in [2.75, 3.05) is 59.5 Å². The van der Waals surface area contributed by atoms with Crippen LogP contribution in [0.5, 0.6) is 0 Å². The predicted octanol–water partition coefficient (Wildman–Crippen LogP) is 2.01. The number of morpholine rings is 1. The Morgan fingerprint density at radius 1 is 1.14 bits per heavy atom. The van der Waals surface area contributed by atoms with E-state index in [-0.39, 0.29) is 0 Å². The monoisotopic (exact) mass is 387 g/mol. The van der Waals surface area contributed by atoms with Crippen LogP contribution >= 0.6 is 0 Å². The average molecular weight is 388 g/mol. The fraction of sp³-hybridized carbons (Fsp3) is 0.682. The smallest absolute Gasteiger partial charge is 0.193 e. The second-order valence-electron chi connectivity index (χ2n) is 7.67. The highest BCUT2D eigenvalue weighted by Crippen LogP contribution is 2.18. The van der Waals surface area contributed by atoms with Gasteiger partial charge in [-0.1, -0.05) is 38.1 Å². The number of nitrogens with one attached hydrogen (secondary N) is 1. The highest BCUT2D eigenvalue weighted by Gasteiger charge is 2.30. The second kappa shape index (κ2) is 10.8. The second-order valence-corrected chi connectivity index (χ2v) is 7.67. The zero-order valence-corrected chi connectivity index (χ0v) is 17.9. The minimum absolute atomic E-state index is 0.623. The van der Waals surface area contributed by atoms with Crippen LogP contribution in [-0.4, -0.2) is 86.2 Å². The SMILES string of the molecule is CCN(CC)Cc1ccccc1CNC(=NC)N1CCC(N2CCOCC2)C1. The van der Waals surface area contributed by atoms with E-state index in [1.165, 1.54) is 17.5 Å². The van der Waals surface area contributed by atoms with Gasteiger partial charge in [0.2, 0.25) is 0 Å². The molecule has 2 aliphatic heterocycles. The van der Waals surface area contributed by atoms with Crippen molar-refractivity contribution in [1.29, 1.82) is 0 Å². The van der Waals surface area contributed by atoms with Crippen LogP contribution in [0.2, 0.25) is 0 Å². The van der Waals surface area contributed by atoms with Gasteiger partial charge in [0.05, 0.1) is 13.2 Å². The summed E-state index contributed by atoms with van der Waals surface area (Å²) in [5.41, 5.74) is 2.77. The fourth-order valence-corrected chi connectivity index (χ4v) is 4.25. The highest BCUT2D eigenvalue weighted by atomic mass is 16.5. The quantitative estimate of drug-likeness (QED) is 0.573. The molecule has 1 aromatic carbocycles. The Hall–Kier alpha value is -1.63. The number of guanidine groups is 1. The van der Waals surface area contributed by atoms with Crippen molar-refractivity contribution in [3.8, 4) is 0 Å². The van der Waals surface area contributed by atoms with E-state index in [1.54, 1.807) is 0 Å². The lowest BCUT2D eigenvalue weighted by Crippen LogP contribution is -2.46. The first-order valence-corrected chi connectivity index (χ1v) is 10.8. The largest absolute Gasteiger partial charge is 0.379 e. The Labute approximate surface area is 170 Å². The maximum absolute atomic E-state index is 5.50. The molecule has 6 nitrogen and oxygen atoms in total. The summed E-state index contributed by atoms with van der Waals surface area (Å²) >= 11 is 0. The minimum atomic E-state index is 0.623. The molecule has 2 heterocycles. The highest BCUT2D eigenvalue weighted by molar-refractivity contribution is 5.80. The molecule has 1 atom stereocenters. The number of hydrogen-bond acceptors (Lipinski definition) is 4. The maximum Gasteiger partial charge on any atom is 0.193 e. The molecule has 0 aliphatic carbocycles. The van der Waals surface area contributed by atoms with E-state index < -0.39 is 0 Å². The summed E-state index contributed by atoms with van der Waals surface area (Å²) in [6.45, 7) is 14.4. The molecule has 0 saturated carbocycles. The molecule has 156 valence electrons. The molecule has 0 spiro atoms. The summed E-state index contributed by atoms with van der Waals surface area (Å²) < 4.78 is 5.50. The Morgan fingerprint density at radius 2 is 1.86 bits per heavy atom. The molecule has 0 aromatic heterocycles. The van der Waals surface area contributed by atoms with E-state index >= 15 is 0 Å². The molecular formula is C22H37N5O. The van der Waals surface area contributed by atoms with Crippen molar-refractivity contribution in [1.82, 2.24) is 20.0 Å². The van der Waals surface area contributed by atoms with Crippen LogP contribution in [0.4, 0.5) is 0 Å². The van der Waals surface area contributed by atoms with E-state index in [4.69, 9.17) is 4.74 Å². The van der Waals surface area contributed by atoms with Gasteiger partial charge in [-0.25, -0.2) is 0 Å². The van der Waals surface area contributed by atoms with Gasteiger partial charge in [-0.3, -0.25) is 14.8 Å². The van der Waals surface area contributed by atoms with Gasteiger partial charge in [-0.05, 0) is 30.6 Å². The molecule has 0 bridgehead atoms. The number of nitrogens with zero attached hydrogens (tertiary/aromatic N) is 4. The van der Waals surface area contributed by atoms with E-state index in [0.29, 0.717) is 6.04 Å². The van der Waals surface area contributed by atoms with Gasteiger partial charge in [-0.15, -0.1) is 0 Å². The fourth-order valence-electron chi connectivity index (χ4n) is 4.25. The Kier molecular flexibility index (Phi) is 8.13. The Balaban J connectivity index is 1.56. The normalized spacial score (nSPS) is 21.5. The number of benzene rings is 1. The number of likely N-dealkylation sites (tertiary alicyclic amines) is 1. The van der Waals surface area contributed by atoms with Crippen molar-refractivity contribution in [2.24, 2.45) is 4.99 Å². The van der Waals surface area contributed by atoms with Crippen LogP contribution < -0.4 is 5.32 Å². The number of rotatable bonds is 7. The third kappa shape index (κ3) is 5.46. The molecule has 6 heteroatoms. The van der Waals surface area contributed by atoms with Crippen LogP contribution in [0.25, 0.3) is 0 Å². The first-order chi connectivity index (χ1) is 13.7. The summed E-state index contributed by atoms with van der Waals surface area (Å²) in [7, 11) is 1.90. The molecule has 0 amide bonds. The van der Waals surface area contributed by atoms with Gasteiger partial charge in [0.15, 0.2) is 5.96 Å². The standard InChI is InChI=1S/C22H37N5O/c1-4-25(5-2)17-20-9-7-6-8-19(20)16-24-22(23-3)27-11-10-21(18-27)26-12-14-28-15-13-26/h6-9,21H,4-5,10-18H2,1-3H3,(H,23,24). The lowest BCUT2D eigenvalue weighted by atomic mass is 10.1. The molecule has 3 rings (SSSR count). The molecule has 0 radical (unpaired) electrons. The van der Waals surface area contributed by atoms with Crippen molar-refractivity contribution in [3.05, 3.63) is 35.4 Å². The summed E-state index contributed by atoms with van der Waals surface area (Å²) in [4.78, 5) is 12.0. The van der Waals surface area contributed by atoms with Crippen LogP contribution in [-0.2, 0) is 17.8 Å². The number of aliphatic imine (C=N–C) groups is 1. The molecular weight excluding hydrogens is 350 g/mol. The topological polar surface area (TPSA) is 43.3 Å². The minimum Gasteiger partial charge on any atom is -0.379 e. The van der Waals surface area contributed by atoms with Gasteiger partial charge in [-0.2, -0.15) is 0 Å². The zero-order valence-electron chi connectivity index (χ0n) is 17.9. The van der Waals surface area contributed by atoms with E-state index in [1.807, 2.05) is 7.05 Å². The lowest BCUT2D eigenvalue weighted by Gasteiger charge is -2.32. The van der Waals surface area contributed by atoms with Crippen molar-refractivity contribution in [2.45, 2.75) is 39.4 Å². The van der Waals surface area contributed by atoms with Gasteiger partial charge in [0.25, 0.3) is 0 Å². The summed E-state index contributed by atoms with van der Waals surface area (Å²) in [5, 5.41) is 3.62.